The van der Waals surface area contributed by atoms with Gasteiger partial charge in [-0.3, -0.25) is 9.59 Å². The lowest BCUT2D eigenvalue weighted by Gasteiger charge is -2.13. The van der Waals surface area contributed by atoms with Gasteiger partial charge in [0.2, 0.25) is 0 Å². The minimum absolute atomic E-state index is 0.00308. The molecule has 1 unspecified atom stereocenters. The second-order valence-corrected chi connectivity index (χ2v) is 5.23. The van der Waals surface area contributed by atoms with E-state index in [1.165, 1.54) is 30.3 Å². The molecule has 0 spiro atoms. The smallest absolute Gasteiger partial charge is 0.271 e. The molecule has 1 aromatic heterocycles. The first-order valence-electron chi connectivity index (χ1n) is 7.39. The number of nitrogens with one attached hydrogen (secondary N) is 1. The molecule has 0 fully saturated rings. The quantitative estimate of drug-likeness (QED) is 0.838. The molecule has 0 saturated carbocycles. The summed E-state index contributed by atoms with van der Waals surface area (Å²) in [5, 5.41) is 6.74. The van der Waals surface area contributed by atoms with Gasteiger partial charge in [0.15, 0.2) is 0 Å². The predicted molar refractivity (Wildman–Crippen MR) is 85.0 cm³/mol. The third-order valence-electron chi connectivity index (χ3n) is 3.33. The average Bonchev–Trinajstić information content (AvgIpc) is 2.54. The van der Waals surface area contributed by atoms with Crippen molar-refractivity contribution in [2.45, 2.75) is 25.8 Å². The second-order valence-electron chi connectivity index (χ2n) is 5.23. The Morgan fingerprint density at radius 2 is 2.09 bits per heavy atom. The summed E-state index contributed by atoms with van der Waals surface area (Å²) in [7, 11) is 0. The van der Waals surface area contributed by atoms with Gasteiger partial charge in [-0.05, 0) is 44.5 Å². The third kappa shape index (κ3) is 4.23. The number of carbonyl (C=O) groups excluding carboxylic acids is 1. The van der Waals surface area contributed by atoms with Crippen LogP contribution in [0.5, 0.6) is 0 Å². The van der Waals surface area contributed by atoms with Crippen LogP contribution in [-0.4, -0.2) is 28.3 Å². The van der Waals surface area contributed by atoms with E-state index in [4.69, 9.17) is 5.73 Å². The molecule has 23 heavy (non-hydrogen) atoms. The maximum atomic E-state index is 13.8. The van der Waals surface area contributed by atoms with Crippen molar-refractivity contribution >= 4 is 5.91 Å². The Labute approximate surface area is 133 Å². The Kier molecular flexibility index (Phi) is 5.59. The summed E-state index contributed by atoms with van der Waals surface area (Å²) in [5.74, 6) is -1.00. The van der Waals surface area contributed by atoms with Crippen molar-refractivity contribution in [2.24, 2.45) is 5.73 Å². The van der Waals surface area contributed by atoms with Gasteiger partial charge in [-0.1, -0.05) is 12.1 Å². The van der Waals surface area contributed by atoms with Gasteiger partial charge in [0.05, 0.1) is 0 Å². The molecule has 0 aliphatic heterocycles. The predicted octanol–water partition coefficient (Wildman–Crippen LogP) is 1.23. The van der Waals surface area contributed by atoms with Gasteiger partial charge >= 0.3 is 0 Å². The maximum Gasteiger partial charge on any atom is 0.271 e. The van der Waals surface area contributed by atoms with Crippen molar-refractivity contribution in [2.75, 3.05) is 6.54 Å². The van der Waals surface area contributed by atoms with Gasteiger partial charge in [-0.25, -0.2) is 4.39 Å². The monoisotopic (exact) mass is 318 g/mol. The molecule has 122 valence electrons. The molecule has 1 amide bonds. The summed E-state index contributed by atoms with van der Waals surface area (Å²) in [4.78, 5) is 24.1. The lowest BCUT2D eigenvalue weighted by atomic mass is 10.2. The van der Waals surface area contributed by atoms with Crippen molar-refractivity contribution in [3.05, 3.63) is 58.3 Å². The number of hydrogen-bond donors (Lipinski definition) is 2. The fraction of sp³-hybridized carbons (Fsp3) is 0.312. The molecule has 7 heteroatoms. The summed E-state index contributed by atoms with van der Waals surface area (Å²) in [5.41, 5.74) is 4.98. The first-order chi connectivity index (χ1) is 11.0. The highest BCUT2D eigenvalue weighted by molar-refractivity contribution is 5.92. The van der Waals surface area contributed by atoms with Crippen LogP contribution in [0, 0.1) is 5.82 Å². The molecular weight excluding hydrogens is 299 g/mol. The van der Waals surface area contributed by atoms with Crippen LogP contribution in [0.3, 0.4) is 0 Å². The number of halogens is 1. The standard InChI is InChI=1S/C16H19FN4O2/c1-11(5-4-10-18)19-16(23)13-8-9-15(22)21(20-13)14-7-3-2-6-12(14)17/h2-3,6-9,11H,4-5,10,18H2,1H3,(H,19,23). The molecule has 0 aliphatic carbocycles. The number of benzene rings is 1. The van der Waals surface area contributed by atoms with Crippen LogP contribution >= 0.6 is 0 Å². The Morgan fingerprint density at radius 1 is 1.35 bits per heavy atom. The van der Waals surface area contributed by atoms with Gasteiger partial charge in [0, 0.05) is 12.1 Å². The van der Waals surface area contributed by atoms with E-state index >= 15 is 0 Å². The van der Waals surface area contributed by atoms with Gasteiger partial charge < -0.3 is 11.1 Å². The SMILES string of the molecule is CC(CCCN)NC(=O)c1ccc(=O)n(-c2ccccc2F)n1. The number of hydrogen-bond acceptors (Lipinski definition) is 4. The van der Waals surface area contributed by atoms with E-state index in [2.05, 4.69) is 10.4 Å². The molecule has 2 aromatic rings. The first kappa shape index (κ1) is 16.8. The number of aromatic nitrogens is 2. The van der Waals surface area contributed by atoms with Gasteiger partial charge in [0.25, 0.3) is 11.5 Å². The number of nitrogens with zero attached hydrogens (tertiary/aromatic N) is 2. The molecule has 1 atom stereocenters. The van der Waals surface area contributed by atoms with Crippen LogP contribution < -0.4 is 16.6 Å². The van der Waals surface area contributed by atoms with E-state index in [0.717, 1.165) is 17.5 Å². The second kappa shape index (κ2) is 7.64. The Morgan fingerprint density at radius 3 is 2.78 bits per heavy atom. The molecule has 0 bridgehead atoms. The lowest BCUT2D eigenvalue weighted by molar-refractivity contribution is 0.0931. The zero-order chi connectivity index (χ0) is 16.8. The number of nitrogens with two attached hydrogens (primary N) is 1. The first-order valence-corrected chi connectivity index (χ1v) is 7.39. The Bertz CT molecular complexity index is 745. The summed E-state index contributed by atoms with van der Waals surface area (Å²) in [6.45, 7) is 2.41. The van der Waals surface area contributed by atoms with Gasteiger partial charge in [-0.2, -0.15) is 9.78 Å². The molecule has 6 nitrogen and oxygen atoms in total. The highest BCUT2D eigenvalue weighted by Gasteiger charge is 2.14. The topological polar surface area (TPSA) is 90.0 Å². The normalized spacial score (nSPS) is 12.0. The number of amides is 1. The fourth-order valence-electron chi connectivity index (χ4n) is 2.12. The molecule has 0 aliphatic rings. The van der Waals surface area contributed by atoms with E-state index in [0.29, 0.717) is 6.54 Å². The highest BCUT2D eigenvalue weighted by atomic mass is 19.1. The summed E-state index contributed by atoms with van der Waals surface area (Å²) < 4.78 is 14.7. The van der Waals surface area contributed by atoms with E-state index in [1.54, 1.807) is 6.07 Å². The largest absolute Gasteiger partial charge is 0.348 e. The van der Waals surface area contributed by atoms with Crippen molar-refractivity contribution in [3.8, 4) is 5.69 Å². The average molecular weight is 318 g/mol. The van der Waals surface area contributed by atoms with E-state index in [-0.39, 0.29) is 17.4 Å². The van der Waals surface area contributed by atoms with E-state index in [9.17, 15) is 14.0 Å². The van der Waals surface area contributed by atoms with Crippen molar-refractivity contribution < 1.29 is 9.18 Å². The minimum Gasteiger partial charge on any atom is -0.348 e. The van der Waals surface area contributed by atoms with Crippen LogP contribution in [0.4, 0.5) is 4.39 Å². The van der Waals surface area contributed by atoms with Crippen LogP contribution in [0.15, 0.2) is 41.2 Å². The lowest BCUT2D eigenvalue weighted by Crippen LogP contribution is -2.35. The molecule has 2 rings (SSSR count). The third-order valence-corrected chi connectivity index (χ3v) is 3.33. The van der Waals surface area contributed by atoms with E-state index < -0.39 is 17.3 Å². The molecule has 3 N–H and O–H groups in total. The summed E-state index contributed by atoms with van der Waals surface area (Å²) in [6, 6.07) is 8.21. The number of carbonyl (C=O) groups is 1. The minimum atomic E-state index is -0.587. The maximum absolute atomic E-state index is 13.8. The highest BCUT2D eigenvalue weighted by Crippen LogP contribution is 2.09. The molecule has 0 saturated heterocycles. The van der Waals surface area contributed by atoms with Crippen molar-refractivity contribution in [1.82, 2.24) is 15.1 Å². The number of rotatable bonds is 6. The van der Waals surface area contributed by atoms with Crippen molar-refractivity contribution in [1.29, 1.82) is 0 Å². The molecular formula is C16H19FN4O2. The van der Waals surface area contributed by atoms with Crippen molar-refractivity contribution in [3.63, 3.8) is 0 Å². The number of para-hydroxylation sites is 1. The van der Waals surface area contributed by atoms with Crippen LogP contribution in [0.1, 0.15) is 30.3 Å². The Balaban J connectivity index is 2.25. The summed E-state index contributed by atoms with van der Waals surface area (Å²) >= 11 is 0. The van der Waals surface area contributed by atoms with Crippen LogP contribution in [-0.2, 0) is 0 Å². The van der Waals surface area contributed by atoms with Gasteiger partial charge in [-0.15, -0.1) is 0 Å². The zero-order valence-corrected chi connectivity index (χ0v) is 12.8. The molecule has 1 aromatic carbocycles. The zero-order valence-electron chi connectivity index (χ0n) is 12.8. The Hall–Kier alpha value is -2.54. The van der Waals surface area contributed by atoms with Gasteiger partial charge in [0.1, 0.15) is 17.2 Å². The summed E-state index contributed by atoms with van der Waals surface area (Å²) in [6.07, 6.45) is 1.54. The van der Waals surface area contributed by atoms with Crippen LogP contribution in [0.2, 0.25) is 0 Å². The molecule has 1 heterocycles. The fourth-order valence-corrected chi connectivity index (χ4v) is 2.12. The molecule has 0 radical (unpaired) electrons. The van der Waals surface area contributed by atoms with Crippen LogP contribution in [0.25, 0.3) is 5.69 Å². The van der Waals surface area contributed by atoms with E-state index in [1.807, 2.05) is 6.92 Å².